The van der Waals surface area contributed by atoms with Crippen molar-refractivity contribution in [2.24, 2.45) is 5.73 Å². The van der Waals surface area contributed by atoms with E-state index in [2.05, 4.69) is 25.1 Å². The number of nitrogens with two attached hydrogens (primary N) is 1. The number of aromatic nitrogens is 4. The number of piperidine rings is 1. The molecule has 4 rings (SSSR count). The number of benzene rings is 1. The van der Waals surface area contributed by atoms with Crippen LogP contribution in [-0.2, 0) is 0 Å². The molecule has 1 aromatic carbocycles. The Hall–Kier alpha value is -2.22. The molecule has 25 heavy (non-hydrogen) atoms. The summed E-state index contributed by atoms with van der Waals surface area (Å²) in [6.07, 6.45) is 3.00. The third kappa shape index (κ3) is 3.06. The number of nitrogens with zero attached hydrogens (tertiary/aromatic N) is 4. The first-order chi connectivity index (χ1) is 12.1. The Balaban J connectivity index is 1.62. The molecule has 0 atom stereocenters. The summed E-state index contributed by atoms with van der Waals surface area (Å²) in [5.74, 6) is 0.771. The van der Waals surface area contributed by atoms with Gasteiger partial charge in [-0.05, 0) is 25.0 Å². The summed E-state index contributed by atoms with van der Waals surface area (Å²) in [5.41, 5.74) is 7.85. The number of fused-ring (bicyclic) bond motifs is 1. The Morgan fingerprint density at radius 3 is 2.84 bits per heavy atom. The molecule has 1 fully saturated rings. The van der Waals surface area contributed by atoms with Crippen LogP contribution in [0.25, 0.3) is 22.4 Å². The molecule has 1 aliphatic rings. The molecule has 0 saturated carbocycles. The second kappa shape index (κ2) is 6.25. The van der Waals surface area contributed by atoms with Gasteiger partial charge in [0.25, 0.3) is 0 Å². The summed E-state index contributed by atoms with van der Waals surface area (Å²) in [7, 11) is 0. The van der Waals surface area contributed by atoms with Gasteiger partial charge < -0.3 is 15.7 Å². The predicted octanol–water partition coefficient (Wildman–Crippen LogP) is 1.96. The molecule has 0 spiro atoms. The zero-order chi connectivity index (χ0) is 17.4. The van der Waals surface area contributed by atoms with E-state index >= 15 is 0 Å². The van der Waals surface area contributed by atoms with Crippen molar-refractivity contribution in [3.05, 3.63) is 35.5 Å². The maximum Gasteiger partial charge on any atom is 0.177 e. The number of halogens is 1. The molecule has 0 amide bonds. The van der Waals surface area contributed by atoms with Crippen LogP contribution in [-0.4, -0.2) is 50.5 Å². The van der Waals surface area contributed by atoms with Gasteiger partial charge in [-0.3, -0.25) is 5.10 Å². The molecule has 3 heterocycles. The zero-order valence-electron chi connectivity index (χ0n) is 13.6. The fourth-order valence-corrected chi connectivity index (χ4v) is 3.33. The van der Waals surface area contributed by atoms with Crippen LogP contribution in [0.3, 0.4) is 0 Å². The second-order valence-electron chi connectivity index (χ2n) is 6.42. The van der Waals surface area contributed by atoms with Gasteiger partial charge in [-0.15, -0.1) is 0 Å². The fourth-order valence-electron chi connectivity index (χ4n) is 3.14. The van der Waals surface area contributed by atoms with Crippen molar-refractivity contribution in [3.63, 3.8) is 0 Å². The highest BCUT2D eigenvalue weighted by atomic mass is 35.5. The molecular weight excluding hydrogens is 340 g/mol. The highest BCUT2D eigenvalue weighted by Gasteiger charge is 2.31. The Morgan fingerprint density at radius 1 is 1.32 bits per heavy atom. The van der Waals surface area contributed by atoms with Gasteiger partial charge in [0.1, 0.15) is 17.0 Å². The van der Waals surface area contributed by atoms with Crippen LogP contribution in [0.5, 0.6) is 0 Å². The molecule has 3 aromatic rings. The van der Waals surface area contributed by atoms with Gasteiger partial charge in [0.15, 0.2) is 5.65 Å². The monoisotopic (exact) mass is 358 g/mol. The SMILES string of the molecule is NCC1(O)CCN(c2cnc3c(-c4cccc(Cl)c4)n[nH]c3n2)CC1. The van der Waals surface area contributed by atoms with E-state index in [-0.39, 0.29) is 6.54 Å². The van der Waals surface area contributed by atoms with E-state index in [1.165, 1.54) is 0 Å². The van der Waals surface area contributed by atoms with E-state index in [9.17, 15) is 5.11 Å². The molecule has 0 unspecified atom stereocenters. The van der Waals surface area contributed by atoms with E-state index in [4.69, 9.17) is 17.3 Å². The van der Waals surface area contributed by atoms with Crippen LogP contribution in [0.15, 0.2) is 30.5 Å². The lowest BCUT2D eigenvalue weighted by molar-refractivity contribution is 0.0249. The van der Waals surface area contributed by atoms with Gasteiger partial charge in [0.2, 0.25) is 0 Å². The number of aliphatic hydroxyl groups is 1. The number of hydrogen-bond acceptors (Lipinski definition) is 6. The highest BCUT2D eigenvalue weighted by molar-refractivity contribution is 6.30. The summed E-state index contributed by atoms with van der Waals surface area (Å²) in [6, 6.07) is 7.50. The van der Waals surface area contributed by atoms with E-state index < -0.39 is 5.60 Å². The van der Waals surface area contributed by atoms with Crippen molar-refractivity contribution in [2.45, 2.75) is 18.4 Å². The maximum atomic E-state index is 10.3. The first-order valence-electron chi connectivity index (χ1n) is 8.22. The summed E-state index contributed by atoms with van der Waals surface area (Å²) < 4.78 is 0. The van der Waals surface area contributed by atoms with Crippen molar-refractivity contribution >= 4 is 28.6 Å². The van der Waals surface area contributed by atoms with E-state index in [1.807, 2.05) is 24.3 Å². The first-order valence-corrected chi connectivity index (χ1v) is 8.60. The van der Waals surface area contributed by atoms with Crippen molar-refractivity contribution < 1.29 is 5.11 Å². The molecule has 1 saturated heterocycles. The van der Waals surface area contributed by atoms with Crippen LogP contribution < -0.4 is 10.6 Å². The fraction of sp³-hybridized carbons (Fsp3) is 0.353. The minimum Gasteiger partial charge on any atom is -0.388 e. The Morgan fingerprint density at radius 2 is 2.12 bits per heavy atom. The van der Waals surface area contributed by atoms with Gasteiger partial charge in [-0.25, -0.2) is 9.97 Å². The quantitative estimate of drug-likeness (QED) is 0.661. The van der Waals surface area contributed by atoms with Crippen LogP contribution in [0.4, 0.5) is 5.82 Å². The van der Waals surface area contributed by atoms with Crippen molar-refractivity contribution in [3.8, 4) is 11.3 Å². The lowest BCUT2D eigenvalue weighted by atomic mass is 9.92. The van der Waals surface area contributed by atoms with Gasteiger partial charge in [-0.1, -0.05) is 23.7 Å². The maximum absolute atomic E-state index is 10.3. The summed E-state index contributed by atoms with van der Waals surface area (Å²) in [6.45, 7) is 1.68. The van der Waals surface area contributed by atoms with Gasteiger partial charge in [0.05, 0.1) is 11.8 Å². The normalized spacial score (nSPS) is 17.2. The van der Waals surface area contributed by atoms with Gasteiger partial charge >= 0.3 is 0 Å². The molecule has 1 aliphatic heterocycles. The van der Waals surface area contributed by atoms with Gasteiger partial charge in [-0.2, -0.15) is 5.10 Å². The molecule has 4 N–H and O–H groups in total. The molecule has 0 radical (unpaired) electrons. The minimum absolute atomic E-state index is 0.287. The second-order valence-corrected chi connectivity index (χ2v) is 6.86. The Kier molecular flexibility index (Phi) is 4.07. The van der Waals surface area contributed by atoms with Crippen LogP contribution >= 0.6 is 11.6 Å². The van der Waals surface area contributed by atoms with Crippen LogP contribution in [0.1, 0.15) is 12.8 Å². The molecule has 130 valence electrons. The van der Waals surface area contributed by atoms with E-state index in [0.717, 1.165) is 17.1 Å². The van der Waals surface area contributed by atoms with Crippen LogP contribution in [0, 0.1) is 0 Å². The molecule has 2 aromatic heterocycles. The summed E-state index contributed by atoms with van der Waals surface area (Å²) in [5, 5.41) is 18.2. The lowest BCUT2D eigenvalue weighted by Crippen LogP contribution is -2.49. The smallest absolute Gasteiger partial charge is 0.177 e. The average molecular weight is 359 g/mol. The highest BCUT2D eigenvalue weighted by Crippen LogP contribution is 2.28. The zero-order valence-corrected chi connectivity index (χ0v) is 14.4. The number of aromatic amines is 1. The van der Waals surface area contributed by atoms with Gasteiger partial charge in [0, 0.05) is 30.2 Å². The summed E-state index contributed by atoms with van der Waals surface area (Å²) in [4.78, 5) is 11.3. The number of nitrogens with one attached hydrogen (secondary N) is 1. The van der Waals surface area contributed by atoms with Crippen molar-refractivity contribution in [1.29, 1.82) is 0 Å². The van der Waals surface area contributed by atoms with Crippen molar-refractivity contribution in [1.82, 2.24) is 20.2 Å². The summed E-state index contributed by atoms with van der Waals surface area (Å²) >= 11 is 6.06. The average Bonchev–Trinajstić information content (AvgIpc) is 3.05. The first kappa shape index (κ1) is 16.3. The number of rotatable bonds is 3. The Bertz CT molecular complexity index is 903. The van der Waals surface area contributed by atoms with Crippen LogP contribution in [0.2, 0.25) is 5.02 Å². The third-order valence-corrected chi connectivity index (χ3v) is 4.99. The topological polar surface area (TPSA) is 104 Å². The van der Waals surface area contributed by atoms with E-state index in [0.29, 0.717) is 42.1 Å². The number of hydrogen-bond donors (Lipinski definition) is 3. The largest absolute Gasteiger partial charge is 0.388 e. The third-order valence-electron chi connectivity index (χ3n) is 4.75. The lowest BCUT2D eigenvalue weighted by Gasteiger charge is -2.37. The number of anilines is 1. The van der Waals surface area contributed by atoms with E-state index in [1.54, 1.807) is 6.20 Å². The molecule has 7 nitrogen and oxygen atoms in total. The molecule has 0 aliphatic carbocycles. The molecular formula is C17H19ClN6O. The standard InChI is InChI=1S/C17H19ClN6O/c18-12-3-1-2-11(8-12)14-15-16(23-22-14)21-13(9-20-15)24-6-4-17(25,10-19)5-7-24/h1-3,8-9,25H,4-7,10,19H2,(H,21,22,23). The number of H-pyrrole nitrogens is 1. The molecule has 0 bridgehead atoms. The minimum atomic E-state index is -0.762. The Labute approximate surface area is 149 Å². The van der Waals surface area contributed by atoms with Crippen molar-refractivity contribution in [2.75, 3.05) is 24.5 Å². The predicted molar refractivity (Wildman–Crippen MR) is 97.6 cm³/mol. The molecule has 8 heteroatoms.